The quantitative estimate of drug-likeness (QED) is 0.562. The van der Waals surface area contributed by atoms with Gasteiger partial charge < -0.3 is 21.1 Å². The van der Waals surface area contributed by atoms with E-state index in [1.807, 2.05) is 0 Å². The van der Waals surface area contributed by atoms with Crippen molar-refractivity contribution in [3.63, 3.8) is 0 Å². The molecule has 0 aliphatic carbocycles. The van der Waals surface area contributed by atoms with Gasteiger partial charge in [-0.3, -0.25) is 4.79 Å². The molecule has 1 fully saturated rings. The Bertz CT molecular complexity index is 470. The number of carbonyl (C=O) groups excluding carboxylic acids is 1. The molecule has 4 N–H and O–H groups in total. The standard InChI is InChI=1S/C15H23N3O2/c1-11(10-18-6-2-3-7-18)9-17-15(20)12-4-5-13(16)14(19)8-12/h4-5,8,11,19H,2-3,6-7,9-10,16H2,1H3,(H,17,20). The van der Waals surface area contributed by atoms with E-state index in [2.05, 4.69) is 17.1 Å². The number of nitrogens with zero attached hydrogens (tertiary/aromatic N) is 1. The summed E-state index contributed by atoms with van der Waals surface area (Å²) < 4.78 is 0. The van der Waals surface area contributed by atoms with Crippen LogP contribution in [-0.4, -0.2) is 42.1 Å². The zero-order chi connectivity index (χ0) is 14.5. The van der Waals surface area contributed by atoms with Crippen molar-refractivity contribution in [2.45, 2.75) is 19.8 Å². The van der Waals surface area contributed by atoms with Crippen LogP contribution in [0.1, 0.15) is 30.1 Å². The van der Waals surface area contributed by atoms with Crippen LogP contribution in [0.25, 0.3) is 0 Å². The lowest BCUT2D eigenvalue weighted by Gasteiger charge is -2.20. The first-order valence-corrected chi connectivity index (χ1v) is 7.15. The second kappa shape index (κ2) is 6.61. The molecular weight excluding hydrogens is 254 g/mol. The first kappa shape index (κ1) is 14.7. The van der Waals surface area contributed by atoms with Gasteiger partial charge in [0, 0.05) is 18.7 Å². The number of hydrogen-bond acceptors (Lipinski definition) is 4. The summed E-state index contributed by atoms with van der Waals surface area (Å²) in [5.74, 6) is 0.191. The average molecular weight is 277 g/mol. The number of phenolic OH excluding ortho intramolecular Hbond substituents is 1. The number of amides is 1. The number of nitrogens with two attached hydrogens (primary N) is 1. The van der Waals surface area contributed by atoms with Gasteiger partial charge in [-0.05, 0) is 50.0 Å². The molecule has 1 saturated heterocycles. The van der Waals surface area contributed by atoms with Crippen LogP contribution < -0.4 is 11.1 Å². The highest BCUT2D eigenvalue weighted by Gasteiger charge is 2.15. The van der Waals surface area contributed by atoms with Gasteiger partial charge in [0.1, 0.15) is 5.75 Å². The Morgan fingerprint density at radius 3 is 2.80 bits per heavy atom. The van der Waals surface area contributed by atoms with Gasteiger partial charge in [-0.25, -0.2) is 0 Å². The first-order valence-electron chi connectivity index (χ1n) is 7.15. The fourth-order valence-corrected chi connectivity index (χ4v) is 2.52. The van der Waals surface area contributed by atoms with Gasteiger partial charge in [-0.2, -0.15) is 0 Å². The van der Waals surface area contributed by atoms with Gasteiger partial charge in [-0.1, -0.05) is 6.92 Å². The van der Waals surface area contributed by atoms with Gasteiger partial charge >= 0.3 is 0 Å². The second-order valence-electron chi connectivity index (χ2n) is 5.60. The van der Waals surface area contributed by atoms with E-state index in [0.29, 0.717) is 18.0 Å². The molecule has 1 amide bonds. The maximum Gasteiger partial charge on any atom is 0.251 e. The van der Waals surface area contributed by atoms with Crippen LogP contribution in [0.5, 0.6) is 5.75 Å². The Morgan fingerprint density at radius 2 is 2.15 bits per heavy atom. The van der Waals surface area contributed by atoms with Crippen LogP contribution in [0.3, 0.4) is 0 Å². The van der Waals surface area contributed by atoms with Gasteiger partial charge in [0.2, 0.25) is 0 Å². The van der Waals surface area contributed by atoms with Crippen molar-refractivity contribution < 1.29 is 9.90 Å². The van der Waals surface area contributed by atoms with E-state index in [-0.39, 0.29) is 17.3 Å². The minimum Gasteiger partial charge on any atom is -0.506 e. The molecule has 1 unspecified atom stereocenters. The summed E-state index contributed by atoms with van der Waals surface area (Å²) >= 11 is 0. The monoisotopic (exact) mass is 277 g/mol. The third-order valence-corrected chi connectivity index (χ3v) is 3.67. The molecule has 0 spiro atoms. The molecule has 1 aliphatic heterocycles. The van der Waals surface area contributed by atoms with E-state index < -0.39 is 0 Å². The molecular formula is C15H23N3O2. The zero-order valence-electron chi connectivity index (χ0n) is 11.9. The van der Waals surface area contributed by atoms with Crippen molar-refractivity contribution >= 4 is 11.6 Å². The summed E-state index contributed by atoms with van der Waals surface area (Å²) in [6.07, 6.45) is 2.56. The molecule has 0 saturated carbocycles. The Morgan fingerprint density at radius 1 is 1.45 bits per heavy atom. The van der Waals surface area contributed by atoms with Crippen LogP contribution in [0.4, 0.5) is 5.69 Å². The lowest BCUT2D eigenvalue weighted by molar-refractivity contribution is 0.0944. The summed E-state index contributed by atoms with van der Waals surface area (Å²) in [6.45, 7) is 6.14. The highest BCUT2D eigenvalue weighted by molar-refractivity contribution is 5.95. The Hall–Kier alpha value is -1.75. The Labute approximate surface area is 119 Å². The van der Waals surface area contributed by atoms with E-state index >= 15 is 0 Å². The van der Waals surface area contributed by atoms with Crippen LogP contribution in [-0.2, 0) is 0 Å². The minimum absolute atomic E-state index is 0.0530. The molecule has 5 nitrogen and oxygen atoms in total. The molecule has 1 atom stereocenters. The van der Waals surface area contributed by atoms with Crippen molar-refractivity contribution in [2.75, 3.05) is 31.9 Å². The highest BCUT2D eigenvalue weighted by atomic mass is 16.3. The average Bonchev–Trinajstić information content (AvgIpc) is 2.92. The lowest BCUT2D eigenvalue weighted by Crippen LogP contribution is -2.34. The van der Waals surface area contributed by atoms with Gasteiger partial charge in [-0.15, -0.1) is 0 Å². The molecule has 0 aromatic heterocycles. The first-order chi connectivity index (χ1) is 9.56. The molecule has 1 aromatic carbocycles. The molecule has 0 radical (unpaired) electrons. The molecule has 110 valence electrons. The maximum atomic E-state index is 12.0. The third-order valence-electron chi connectivity index (χ3n) is 3.67. The summed E-state index contributed by atoms with van der Waals surface area (Å²) in [6, 6.07) is 4.56. The van der Waals surface area contributed by atoms with Crippen molar-refractivity contribution in [3.8, 4) is 5.75 Å². The molecule has 1 aliphatic rings. The minimum atomic E-state index is -0.173. The van der Waals surface area contributed by atoms with Crippen LogP contribution in [0.2, 0.25) is 0 Å². The van der Waals surface area contributed by atoms with Crippen LogP contribution in [0, 0.1) is 5.92 Å². The number of benzene rings is 1. The summed E-state index contributed by atoms with van der Waals surface area (Å²) in [4.78, 5) is 14.4. The molecule has 1 heterocycles. The Kier molecular flexibility index (Phi) is 4.84. The molecule has 1 aromatic rings. The van der Waals surface area contributed by atoms with Gasteiger partial charge in [0.15, 0.2) is 0 Å². The van der Waals surface area contributed by atoms with E-state index in [4.69, 9.17) is 5.73 Å². The number of hydrogen-bond donors (Lipinski definition) is 3. The second-order valence-corrected chi connectivity index (χ2v) is 5.60. The normalized spacial score (nSPS) is 17.1. The van der Waals surface area contributed by atoms with Crippen molar-refractivity contribution in [3.05, 3.63) is 23.8 Å². The van der Waals surface area contributed by atoms with Gasteiger partial charge in [0.25, 0.3) is 5.91 Å². The summed E-state index contributed by atoms with van der Waals surface area (Å²) in [5, 5.41) is 12.4. The van der Waals surface area contributed by atoms with Crippen molar-refractivity contribution in [1.82, 2.24) is 10.2 Å². The van der Waals surface area contributed by atoms with E-state index in [1.165, 1.54) is 38.1 Å². The zero-order valence-corrected chi connectivity index (χ0v) is 11.9. The number of phenols is 1. The third kappa shape index (κ3) is 3.87. The molecule has 0 bridgehead atoms. The smallest absolute Gasteiger partial charge is 0.251 e. The lowest BCUT2D eigenvalue weighted by atomic mass is 10.1. The fraction of sp³-hybridized carbons (Fsp3) is 0.533. The predicted octanol–water partition coefficient (Wildman–Crippen LogP) is 1.44. The SMILES string of the molecule is CC(CNC(=O)c1ccc(N)c(O)c1)CN1CCCC1. The number of likely N-dealkylation sites (tertiary alicyclic amines) is 1. The number of aromatic hydroxyl groups is 1. The van der Waals surface area contributed by atoms with E-state index in [1.54, 1.807) is 6.07 Å². The fourth-order valence-electron chi connectivity index (χ4n) is 2.52. The predicted molar refractivity (Wildman–Crippen MR) is 79.7 cm³/mol. The summed E-state index contributed by atoms with van der Waals surface area (Å²) in [5.41, 5.74) is 6.23. The molecule has 5 heteroatoms. The highest BCUT2D eigenvalue weighted by Crippen LogP contribution is 2.20. The van der Waals surface area contributed by atoms with E-state index in [0.717, 1.165) is 6.54 Å². The number of anilines is 1. The van der Waals surface area contributed by atoms with Crippen LogP contribution in [0.15, 0.2) is 18.2 Å². The van der Waals surface area contributed by atoms with Crippen molar-refractivity contribution in [2.24, 2.45) is 5.92 Å². The number of carbonyl (C=O) groups is 1. The number of nitrogen functional groups attached to an aromatic ring is 1. The number of rotatable bonds is 5. The Balaban J connectivity index is 1.80. The molecule has 2 rings (SSSR count). The maximum absolute atomic E-state index is 12.0. The number of nitrogens with one attached hydrogen (secondary N) is 1. The summed E-state index contributed by atoms with van der Waals surface area (Å²) in [7, 11) is 0. The molecule has 20 heavy (non-hydrogen) atoms. The largest absolute Gasteiger partial charge is 0.506 e. The van der Waals surface area contributed by atoms with Gasteiger partial charge in [0.05, 0.1) is 5.69 Å². The van der Waals surface area contributed by atoms with Crippen LogP contribution >= 0.6 is 0 Å². The van der Waals surface area contributed by atoms with Crippen molar-refractivity contribution in [1.29, 1.82) is 0 Å². The topological polar surface area (TPSA) is 78.6 Å². The van der Waals surface area contributed by atoms with E-state index in [9.17, 15) is 9.90 Å².